The number of carboxylic acid groups (broad SMARTS) is 1. The molecule has 0 aliphatic carbocycles. The van der Waals surface area contributed by atoms with Crippen molar-refractivity contribution >= 4 is 17.3 Å². The summed E-state index contributed by atoms with van der Waals surface area (Å²) in [6.45, 7) is -0.370. The summed E-state index contributed by atoms with van der Waals surface area (Å²) < 4.78 is 60.3. The predicted molar refractivity (Wildman–Crippen MR) is 58.8 cm³/mol. The number of aromatic carboxylic acids is 1. The monoisotopic (exact) mass is 298 g/mol. The molecule has 1 aromatic rings. The zero-order valence-electron chi connectivity index (χ0n) is 9.31. The summed E-state index contributed by atoms with van der Waals surface area (Å²) in [4.78, 5) is 10.8. The molecule has 106 valence electrons. The van der Waals surface area contributed by atoms with Crippen molar-refractivity contribution in [2.24, 2.45) is 0 Å². The molecule has 0 aromatic heterocycles. The number of alkyl halides is 3. The summed E-state index contributed by atoms with van der Waals surface area (Å²) in [7, 11) is 0. The van der Waals surface area contributed by atoms with E-state index in [1.54, 1.807) is 0 Å². The van der Waals surface area contributed by atoms with Crippen LogP contribution in [0.15, 0.2) is 18.2 Å². The maximum atomic E-state index is 12.5. The number of carbonyl (C=O) groups is 1. The van der Waals surface area contributed by atoms with Crippen molar-refractivity contribution in [3.8, 4) is 0 Å². The maximum absolute atomic E-state index is 12.5. The van der Waals surface area contributed by atoms with Crippen LogP contribution < -0.4 is 0 Å². The van der Waals surface area contributed by atoms with Gasteiger partial charge in [-0.05, 0) is 30.2 Å². The summed E-state index contributed by atoms with van der Waals surface area (Å²) in [5, 5.41) is 8.84. The molecule has 0 heterocycles. The second-order valence-corrected chi connectivity index (χ2v) is 4.13. The van der Waals surface area contributed by atoms with Crippen molar-refractivity contribution in [3.63, 3.8) is 0 Å². The smallest absolute Gasteiger partial charge is 0.416 e. The van der Waals surface area contributed by atoms with Crippen molar-refractivity contribution in [1.82, 2.24) is 0 Å². The van der Waals surface area contributed by atoms with Crippen LogP contribution >= 0.6 is 0 Å². The molecule has 0 amide bonds. The van der Waals surface area contributed by atoms with Gasteiger partial charge in [0.05, 0.1) is 17.7 Å². The van der Waals surface area contributed by atoms with Gasteiger partial charge in [0.1, 0.15) is 0 Å². The van der Waals surface area contributed by atoms with E-state index < -0.39 is 29.1 Å². The fourth-order valence-corrected chi connectivity index (χ4v) is 1.63. The second kappa shape index (κ2) is 6.13. The van der Waals surface area contributed by atoms with Gasteiger partial charge in [0.2, 0.25) is 0 Å². The Morgan fingerprint density at radius 1 is 1.37 bits per heavy atom. The van der Waals surface area contributed by atoms with Gasteiger partial charge in [-0.3, -0.25) is 8.74 Å². The Kier molecular flexibility index (Phi) is 5.04. The summed E-state index contributed by atoms with van der Waals surface area (Å²) in [6.07, 6.45) is -4.82. The second-order valence-electron chi connectivity index (χ2n) is 3.46. The molecule has 0 bridgehead atoms. The van der Waals surface area contributed by atoms with Gasteiger partial charge >= 0.3 is 23.5 Å². The average molecular weight is 298 g/mol. The van der Waals surface area contributed by atoms with Gasteiger partial charge in [-0.15, -0.1) is 0 Å². The SMILES string of the molecule is O=C(O)c1ccc(C(F)(F)F)cc1CCOS(=O)O. The van der Waals surface area contributed by atoms with E-state index >= 15 is 0 Å². The number of hydrogen-bond acceptors (Lipinski definition) is 3. The minimum absolute atomic E-state index is 0.118. The van der Waals surface area contributed by atoms with E-state index in [1.165, 1.54) is 0 Å². The Bertz CT molecular complexity index is 500. The summed E-state index contributed by atoms with van der Waals surface area (Å²) >= 11 is -2.55. The zero-order chi connectivity index (χ0) is 14.6. The van der Waals surface area contributed by atoms with E-state index in [0.717, 1.165) is 6.07 Å². The first kappa shape index (κ1) is 15.6. The van der Waals surface area contributed by atoms with Gasteiger partial charge < -0.3 is 5.11 Å². The molecule has 5 nitrogen and oxygen atoms in total. The molecule has 0 saturated heterocycles. The molecular weight excluding hydrogens is 289 g/mol. The van der Waals surface area contributed by atoms with Gasteiger partial charge in [0.15, 0.2) is 0 Å². The van der Waals surface area contributed by atoms with Gasteiger partial charge in [0, 0.05) is 0 Å². The van der Waals surface area contributed by atoms with Crippen molar-refractivity contribution in [3.05, 3.63) is 34.9 Å². The molecule has 1 unspecified atom stereocenters. The first-order valence-electron chi connectivity index (χ1n) is 4.89. The zero-order valence-corrected chi connectivity index (χ0v) is 10.1. The lowest BCUT2D eigenvalue weighted by Gasteiger charge is -2.11. The fourth-order valence-electron chi connectivity index (χ4n) is 1.41. The van der Waals surface area contributed by atoms with Crippen LogP contribution in [0.5, 0.6) is 0 Å². The number of hydrogen-bond donors (Lipinski definition) is 2. The standard InChI is InChI=1S/C10H9F3O5S/c11-10(12,13)7-1-2-8(9(14)15)6(5-7)3-4-18-19(16)17/h1-2,5H,3-4H2,(H,14,15)(H,16,17). The predicted octanol–water partition coefficient (Wildman–Crippen LogP) is 2.10. The highest BCUT2D eigenvalue weighted by Gasteiger charge is 2.31. The molecule has 2 N–H and O–H groups in total. The molecule has 0 fully saturated rings. The third-order valence-corrected chi connectivity index (χ3v) is 2.59. The third kappa shape index (κ3) is 4.62. The molecule has 1 aromatic carbocycles. The molecule has 0 saturated carbocycles. The molecule has 9 heteroatoms. The van der Waals surface area contributed by atoms with E-state index in [-0.39, 0.29) is 24.2 Å². The number of carboxylic acids is 1. The van der Waals surface area contributed by atoms with Crippen molar-refractivity contribution in [1.29, 1.82) is 0 Å². The van der Waals surface area contributed by atoms with Gasteiger partial charge in [-0.2, -0.15) is 17.4 Å². The molecule has 1 rings (SSSR count). The van der Waals surface area contributed by atoms with Crippen LogP contribution in [-0.2, 0) is 28.1 Å². The first-order chi connectivity index (χ1) is 8.71. The molecule has 0 aliphatic heterocycles. The number of rotatable bonds is 5. The Morgan fingerprint density at radius 2 is 2.00 bits per heavy atom. The van der Waals surface area contributed by atoms with Gasteiger partial charge in [-0.1, -0.05) is 0 Å². The summed E-state index contributed by atoms with van der Waals surface area (Å²) in [6, 6.07) is 2.20. The van der Waals surface area contributed by atoms with Crippen molar-refractivity contribution < 1.29 is 36.0 Å². The van der Waals surface area contributed by atoms with Crippen molar-refractivity contribution in [2.45, 2.75) is 12.6 Å². The van der Waals surface area contributed by atoms with E-state index in [1.807, 2.05) is 0 Å². The third-order valence-electron chi connectivity index (χ3n) is 2.22. The first-order valence-corrected chi connectivity index (χ1v) is 5.92. The quantitative estimate of drug-likeness (QED) is 0.813. The minimum Gasteiger partial charge on any atom is -0.478 e. The molecule has 1 atom stereocenters. The Hall–Kier alpha value is -1.45. The highest BCUT2D eigenvalue weighted by Crippen LogP contribution is 2.30. The van der Waals surface area contributed by atoms with E-state index in [2.05, 4.69) is 4.18 Å². The molecule has 0 aliphatic rings. The molecule has 0 spiro atoms. The van der Waals surface area contributed by atoms with E-state index in [0.29, 0.717) is 12.1 Å². The molecule has 19 heavy (non-hydrogen) atoms. The average Bonchev–Trinajstić information content (AvgIpc) is 2.26. The van der Waals surface area contributed by atoms with Crippen molar-refractivity contribution in [2.75, 3.05) is 6.61 Å². The van der Waals surface area contributed by atoms with Crippen LogP contribution in [0.1, 0.15) is 21.5 Å². The van der Waals surface area contributed by atoms with Gasteiger partial charge in [-0.25, -0.2) is 4.79 Å². The summed E-state index contributed by atoms with van der Waals surface area (Å²) in [5.41, 5.74) is -1.41. The van der Waals surface area contributed by atoms with Crippen LogP contribution in [0.3, 0.4) is 0 Å². The normalized spacial score (nSPS) is 13.3. The van der Waals surface area contributed by atoms with Gasteiger partial charge in [0.25, 0.3) is 0 Å². The van der Waals surface area contributed by atoms with Crippen LogP contribution in [0.25, 0.3) is 0 Å². The lowest BCUT2D eigenvalue weighted by atomic mass is 10.0. The van der Waals surface area contributed by atoms with Crippen LogP contribution in [0.4, 0.5) is 13.2 Å². The fraction of sp³-hybridized carbons (Fsp3) is 0.300. The van der Waals surface area contributed by atoms with E-state index in [4.69, 9.17) is 9.66 Å². The highest BCUT2D eigenvalue weighted by atomic mass is 32.2. The lowest BCUT2D eigenvalue weighted by molar-refractivity contribution is -0.137. The van der Waals surface area contributed by atoms with E-state index in [9.17, 15) is 22.2 Å². The summed E-state index contributed by atoms with van der Waals surface area (Å²) in [5.74, 6) is -1.38. The Morgan fingerprint density at radius 3 is 2.47 bits per heavy atom. The van der Waals surface area contributed by atoms with Crippen LogP contribution in [0, 0.1) is 0 Å². The number of halogens is 3. The Labute approximate surface area is 108 Å². The topological polar surface area (TPSA) is 83.8 Å². The highest BCUT2D eigenvalue weighted by molar-refractivity contribution is 7.74. The largest absolute Gasteiger partial charge is 0.478 e. The maximum Gasteiger partial charge on any atom is 0.416 e. The molecule has 0 radical (unpaired) electrons. The Balaban J connectivity index is 3.02. The lowest BCUT2D eigenvalue weighted by Crippen LogP contribution is -2.11. The van der Waals surface area contributed by atoms with Crippen LogP contribution in [0.2, 0.25) is 0 Å². The minimum atomic E-state index is -4.59. The number of benzene rings is 1. The molecular formula is C10H9F3O5S. The van der Waals surface area contributed by atoms with Crippen LogP contribution in [-0.4, -0.2) is 26.4 Å².